The molecular formula is C18H24N2O2. The summed E-state index contributed by atoms with van der Waals surface area (Å²) < 4.78 is 0. The summed E-state index contributed by atoms with van der Waals surface area (Å²) in [5.41, 5.74) is 1.19. The van der Waals surface area contributed by atoms with Crippen LogP contribution < -0.4 is 5.32 Å². The molecule has 0 spiro atoms. The lowest BCUT2D eigenvalue weighted by atomic mass is 10.0. The predicted molar refractivity (Wildman–Crippen MR) is 85.2 cm³/mol. The summed E-state index contributed by atoms with van der Waals surface area (Å²) in [6.45, 7) is 0.586. The number of nitrogens with one attached hydrogen (secondary N) is 1. The van der Waals surface area contributed by atoms with Crippen LogP contribution in [0.5, 0.6) is 0 Å². The van der Waals surface area contributed by atoms with Gasteiger partial charge in [-0.3, -0.25) is 9.59 Å². The Balaban J connectivity index is 1.61. The number of carbonyl (C=O) groups is 2. The molecule has 1 atom stereocenters. The number of carbonyl (C=O) groups excluding carboxylic acids is 2. The maximum atomic E-state index is 12.1. The van der Waals surface area contributed by atoms with Crippen LogP contribution in [0.4, 0.5) is 0 Å². The summed E-state index contributed by atoms with van der Waals surface area (Å²) in [6, 6.07) is 10.1. The van der Waals surface area contributed by atoms with Gasteiger partial charge in [0, 0.05) is 25.4 Å². The fraction of sp³-hybridized carbons (Fsp3) is 0.556. The van der Waals surface area contributed by atoms with Gasteiger partial charge in [-0.05, 0) is 37.7 Å². The van der Waals surface area contributed by atoms with Gasteiger partial charge in [0.2, 0.25) is 11.8 Å². The summed E-state index contributed by atoms with van der Waals surface area (Å²) in [7, 11) is 1.85. The monoisotopic (exact) mass is 300 g/mol. The maximum Gasteiger partial charge on any atom is 0.225 e. The van der Waals surface area contributed by atoms with Crippen LogP contribution in [-0.4, -0.2) is 36.3 Å². The van der Waals surface area contributed by atoms with E-state index in [-0.39, 0.29) is 29.7 Å². The Hall–Kier alpha value is -1.84. The average Bonchev–Trinajstić information content (AvgIpc) is 3.40. The highest BCUT2D eigenvalue weighted by Gasteiger charge is 2.34. The Morgan fingerprint density at radius 2 is 1.77 bits per heavy atom. The number of hydrogen-bond donors (Lipinski definition) is 1. The quantitative estimate of drug-likeness (QED) is 0.837. The second-order valence-corrected chi connectivity index (χ2v) is 6.66. The number of nitrogens with zero attached hydrogens (tertiary/aromatic N) is 1. The van der Waals surface area contributed by atoms with Crippen molar-refractivity contribution in [2.75, 3.05) is 13.6 Å². The summed E-state index contributed by atoms with van der Waals surface area (Å²) >= 11 is 0. The number of benzene rings is 1. The van der Waals surface area contributed by atoms with E-state index in [9.17, 15) is 9.59 Å². The van der Waals surface area contributed by atoms with Crippen LogP contribution in [0.3, 0.4) is 0 Å². The smallest absolute Gasteiger partial charge is 0.225 e. The van der Waals surface area contributed by atoms with E-state index in [2.05, 4.69) is 17.4 Å². The zero-order chi connectivity index (χ0) is 15.5. The zero-order valence-electron chi connectivity index (χ0n) is 13.1. The van der Waals surface area contributed by atoms with Gasteiger partial charge in [0.25, 0.3) is 0 Å². The van der Waals surface area contributed by atoms with E-state index in [0.29, 0.717) is 6.54 Å². The Morgan fingerprint density at radius 3 is 2.36 bits per heavy atom. The van der Waals surface area contributed by atoms with E-state index in [1.165, 1.54) is 5.56 Å². The molecule has 0 aromatic heterocycles. The molecule has 3 rings (SSSR count). The Morgan fingerprint density at radius 1 is 1.14 bits per heavy atom. The Kier molecular flexibility index (Phi) is 4.46. The molecule has 0 aliphatic heterocycles. The van der Waals surface area contributed by atoms with Gasteiger partial charge in [-0.2, -0.15) is 0 Å². The van der Waals surface area contributed by atoms with Crippen molar-refractivity contribution in [1.29, 1.82) is 0 Å². The van der Waals surface area contributed by atoms with Crippen LogP contribution in [0, 0.1) is 11.8 Å². The van der Waals surface area contributed by atoms with Crippen LogP contribution in [-0.2, 0) is 16.0 Å². The summed E-state index contributed by atoms with van der Waals surface area (Å²) in [5.74, 6) is 0.788. The third-order valence-corrected chi connectivity index (χ3v) is 4.42. The molecule has 118 valence electrons. The molecule has 0 heterocycles. The third-order valence-electron chi connectivity index (χ3n) is 4.42. The third kappa shape index (κ3) is 4.09. The highest BCUT2D eigenvalue weighted by molar-refractivity contribution is 5.82. The van der Waals surface area contributed by atoms with Gasteiger partial charge in [-0.15, -0.1) is 0 Å². The molecule has 1 N–H and O–H groups in total. The first-order chi connectivity index (χ1) is 10.6. The van der Waals surface area contributed by atoms with Crippen molar-refractivity contribution in [3.63, 3.8) is 0 Å². The molecule has 2 aliphatic carbocycles. The fourth-order valence-corrected chi connectivity index (χ4v) is 2.79. The molecule has 0 bridgehead atoms. The molecule has 2 amide bonds. The van der Waals surface area contributed by atoms with Crippen molar-refractivity contribution >= 4 is 11.8 Å². The highest BCUT2D eigenvalue weighted by Crippen LogP contribution is 2.31. The van der Waals surface area contributed by atoms with Crippen LogP contribution in [0.2, 0.25) is 0 Å². The van der Waals surface area contributed by atoms with Gasteiger partial charge in [0.1, 0.15) is 0 Å². The van der Waals surface area contributed by atoms with Crippen molar-refractivity contribution in [3.8, 4) is 0 Å². The van der Waals surface area contributed by atoms with Gasteiger partial charge < -0.3 is 10.2 Å². The normalized spacial score (nSPS) is 18.6. The van der Waals surface area contributed by atoms with Gasteiger partial charge in [-0.25, -0.2) is 0 Å². The van der Waals surface area contributed by atoms with E-state index < -0.39 is 0 Å². The minimum absolute atomic E-state index is 0.0109. The maximum absolute atomic E-state index is 12.1. The van der Waals surface area contributed by atoms with Gasteiger partial charge >= 0.3 is 0 Å². The van der Waals surface area contributed by atoms with Gasteiger partial charge in [0.15, 0.2) is 0 Å². The van der Waals surface area contributed by atoms with Crippen molar-refractivity contribution in [1.82, 2.24) is 10.2 Å². The lowest BCUT2D eigenvalue weighted by Gasteiger charge is -2.25. The summed E-state index contributed by atoms with van der Waals surface area (Å²) in [5, 5.41) is 3.14. The first-order valence-corrected chi connectivity index (χ1v) is 8.23. The van der Waals surface area contributed by atoms with Crippen LogP contribution in [0.25, 0.3) is 0 Å². The average molecular weight is 300 g/mol. The lowest BCUT2D eigenvalue weighted by Crippen LogP contribution is -2.46. The van der Waals surface area contributed by atoms with Gasteiger partial charge in [0.05, 0.1) is 6.04 Å². The minimum Gasteiger partial charge on any atom is -0.351 e. The van der Waals surface area contributed by atoms with Crippen molar-refractivity contribution in [2.24, 2.45) is 11.8 Å². The molecule has 0 saturated heterocycles. The molecule has 1 aromatic rings. The van der Waals surface area contributed by atoms with E-state index >= 15 is 0 Å². The van der Waals surface area contributed by atoms with E-state index in [1.54, 1.807) is 4.90 Å². The Labute approximate surface area is 131 Å². The topological polar surface area (TPSA) is 49.4 Å². The lowest BCUT2D eigenvalue weighted by molar-refractivity contribution is -0.132. The largest absolute Gasteiger partial charge is 0.351 e. The number of hydrogen-bond acceptors (Lipinski definition) is 2. The molecule has 4 heteroatoms. The molecular weight excluding hydrogens is 276 g/mol. The van der Waals surface area contributed by atoms with E-state index in [1.807, 2.05) is 25.2 Å². The van der Waals surface area contributed by atoms with Crippen molar-refractivity contribution in [3.05, 3.63) is 35.9 Å². The second-order valence-electron chi connectivity index (χ2n) is 6.66. The Bertz CT molecular complexity index is 535. The minimum atomic E-state index is -0.0109. The number of rotatable bonds is 7. The van der Waals surface area contributed by atoms with Crippen LogP contribution >= 0.6 is 0 Å². The molecule has 0 unspecified atom stereocenters. The van der Waals surface area contributed by atoms with E-state index in [4.69, 9.17) is 0 Å². The molecule has 2 saturated carbocycles. The number of amides is 2. The van der Waals surface area contributed by atoms with E-state index in [0.717, 1.165) is 32.1 Å². The molecule has 0 radical (unpaired) electrons. The van der Waals surface area contributed by atoms with Crippen molar-refractivity contribution < 1.29 is 9.59 Å². The van der Waals surface area contributed by atoms with Crippen LogP contribution in [0.15, 0.2) is 30.3 Å². The van der Waals surface area contributed by atoms with Crippen molar-refractivity contribution in [2.45, 2.75) is 38.1 Å². The molecule has 2 aliphatic rings. The summed E-state index contributed by atoms with van der Waals surface area (Å²) in [4.78, 5) is 26.0. The fourth-order valence-electron chi connectivity index (χ4n) is 2.79. The summed E-state index contributed by atoms with van der Waals surface area (Å²) in [6.07, 6.45) is 4.80. The van der Waals surface area contributed by atoms with Crippen LogP contribution in [0.1, 0.15) is 31.2 Å². The SMILES string of the molecule is CN(C[C@H](Cc1ccccc1)NC(=O)C1CC1)C(=O)C1CC1. The second kappa shape index (κ2) is 6.51. The zero-order valence-corrected chi connectivity index (χ0v) is 13.1. The molecule has 1 aromatic carbocycles. The van der Waals surface area contributed by atoms with Gasteiger partial charge in [-0.1, -0.05) is 30.3 Å². The first-order valence-electron chi connectivity index (χ1n) is 8.23. The predicted octanol–water partition coefficient (Wildman–Crippen LogP) is 1.99. The number of likely N-dealkylation sites (N-methyl/N-ethyl adjacent to an activating group) is 1. The highest BCUT2D eigenvalue weighted by atomic mass is 16.2. The standard InChI is InChI=1S/C18H24N2O2/c1-20(18(22)15-9-10-15)12-16(19-17(21)14-7-8-14)11-13-5-3-2-4-6-13/h2-6,14-16H,7-12H2,1H3,(H,19,21)/t16-/m0/s1. The molecule has 2 fully saturated rings. The molecule has 4 nitrogen and oxygen atoms in total. The molecule has 22 heavy (non-hydrogen) atoms. The first kappa shape index (κ1) is 15.1.